The summed E-state index contributed by atoms with van der Waals surface area (Å²) in [5, 5.41) is 0. The van der Waals surface area contributed by atoms with Gasteiger partial charge in [-0.15, -0.1) is 12.8 Å². The van der Waals surface area contributed by atoms with Crippen LogP contribution in [0.4, 0.5) is 5.69 Å². The third-order valence-corrected chi connectivity index (χ3v) is 1.70. The summed E-state index contributed by atoms with van der Waals surface area (Å²) in [7, 11) is 0. The van der Waals surface area contributed by atoms with Gasteiger partial charge in [0.2, 0.25) is 0 Å². The van der Waals surface area contributed by atoms with Crippen LogP contribution in [0.3, 0.4) is 0 Å². The molecule has 68 valence electrons. The number of terminal acetylenes is 2. The summed E-state index contributed by atoms with van der Waals surface area (Å²) in [5.74, 6) is 4.90. The third kappa shape index (κ3) is 2.15. The minimum atomic E-state index is 0.132. The fourth-order valence-electron chi connectivity index (χ4n) is 1.02. The van der Waals surface area contributed by atoms with Crippen molar-refractivity contribution in [1.29, 1.82) is 0 Å². The SMILES string of the molecule is C#CC(N)=Nc1cc(C)ccc1C#C. The summed E-state index contributed by atoms with van der Waals surface area (Å²) in [6.45, 7) is 1.95. The summed E-state index contributed by atoms with van der Waals surface area (Å²) < 4.78 is 0. The molecule has 0 heterocycles. The highest BCUT2D eigenvalue weighted by molar-refractivity contribution is 5.98. The lowest BCUT2D eigenvalue weighted by atomic mass is 10.1. The molecule has 0 bridgehead atoms. The smallest absolute Gasteiger partial charge is 0.176 e. The van der Waals surface area contributed by atoms with Gasteiger partial charge in [-0.05, 0) is 30.5 Å². The first kappa shape index (κ1) is 9.89. The van der Waals surface area contributed by atoms with Gasteiger partial charge in [0.05, 0.1) is 11.3 Å². The monoisotopic (exact) mass is 182 g/mol. The van der Waals surface area contributed by atoms with E-state index in [1.165, 1.54) is 0 Å². The molecule has 14 heavy (non-hydrogen) atoms. The van der Waals surface area contributed by atoms with Crippen molar-refractivity contribution >= 4 is 11.5 Å². The van der Waals surface area contributed by atoms with Gasteiger partial charge in [0, 0.05) is 0 Å². The van der Waals surface area contributed by atoms with Crippen LogP contribution >= 0.6 is 0 Å². The lowest BCUT2D eigenvalue weighted by Crippen LogP contribution is -2.07. The predicted octanol–water partition coefficient (Wildman–Crippen LogP) is 1.60. The molecular weight excluding hydrogens is 172 g/mol. The van der Waals surface area contributed by atoms with Crippen molar-refractivity contribution in [3.8, 4) is 24.7 Å². The molecule has 0 aromatic heterocycles. The number of amidine groups is 1. The maximum atomic E-state index is 5.42. The van der Waals surface area contributed by atoms with Gasteiger partial charge in [-0.3, -0.25) is 0 Å². The van der Waals surface area contributed by atoms with E-state index in [-0.39, 0.29) is 5.84 Å². The Labute approximate surface area is 83.9 Å². The Morgan fingerprint density at radius 2 is 2.14 bits per heavy atom. The molecule has 0 amide bonds. The molecule has 1 aromatic carbocycles. The summed E-state index contributed by atoms with van der Waals surface area (Å²) in [5.41, 5.74) is 7.82. The number of rotatable bonds is 1. The van der Waals surface area contributed by atoms with E-state index in [9.17, 15) is 0 Å². The highest BCUT2D eigenvalue weighted by Crippen LogP contribution is 2.19. The number of nitrogens with zero attached hydrogens (tertiary/aromatic N) is 1. The molecule has 0 spiro atoms. The van der Waals surface area contributed by atoms with Crippen LogP contribution in [0, 0.1) is 31.6 Å². The Hall–Kier alpha value is -2.19. The van der Waals surface area contributed by atoms with E-state index in [1.54, 1.807) is 0 Å². The van der Waals surface area contributed by atoms with Crippen molar-refractivity contribution in [1.82, 2.24) is 0 Å². The zero-order valence-corrected chi connectivity index (χ0v) is 7.91. The first-order valence-corrected chi connectivity index (χ1v) is 4.05. The summed E-state index contributed by atoms with van der Waals surface area (Å²) in [6.07, 6.45) is 10.4. The van der Waals surface area contributed by atoms with Gasteiger partial charge >= 0.3 is 0 Å². The molecule has 2 nitrogen and oxygen atoms in total. The third-order valence-electron chi connectivity index (χ3n) is 1.70. The Morgan fingerprint density at radius 1 is 1.43 bits per heavy atom. The summed E-state index contributed by atoms with van der Waals surface area (Å²) >= 11 is 0. The molecule has 1 aromatic rings. The molecule has 0 unspecified atom stereocenters. The molecule has 0 fully saturated rings. The fraction of sp³-hybridized carbons (Fsp3) is 0.0833. The molecule has 2 N–H and O–H groups in total. The van der Waals surface area contributed by atoms with Crippen LogP contribution in [0.15, 0.2) is 23.2 Å². The van der Waals surface area contributed by atoms with E-state index in [0.717, 1.165) is 5.56 Å². The molecular formula is C12H10N2. The summed E-state index contributed by atoms with van der Waals surface area (Å²) in [6, 6.07) is 5.58. The number of aliphatic imine (C=N–C) groups is 1. The number of hydrogen-bond donors (Lipinski definition) is 1. The molecule has 0 atom stereocenters. The molecule has 0 aliphatic heterocycles. The quantitative estimate of drug-likeness (QED) is 0.400. The Balaban J connectivity index is 3.28. The minimum absolute atomic E-state index is 0.132. The van der Waals surface area contributed by atoms with Crippen LogP contribution in [-0.4, -0.2) is 5.84 Å². The average molecular weight is 182 g/mol. The van der Waals surface area contributed by atoms with Gasteiger partial charge in [0.1, 0.15) is 0 Å². The average Bonchev–Trinajstić information content (AvgIpc) is 2.18. The van der Waals surface area contributed by atoms with Gasteiger partial charge in [-0.25, -0.2) is 4.99 Å². The van der Waals surface area contributed by atoms with Gasteiger partial charge in [0.25, 0.3) is 0 Å². The number of hydrogen-bond acceptors (Lipinski definition) is 1. The van der Waals surface area contributed by atoms with Gasteiger partial charge in [-0.1, -0.05) is 12.0 Å². The second-order valence-corrected chi connectivity index (χ2v) is 2.81. The Kier molecular flexibility index (Phi) is 2.94. The standard InChI is InChI=1S/C12H10N2/c1-4-10-7-6-9(3)8-11(10)14-12(13)5-2/h1-2,6-8H,3H3,(H2,13,14). The maximum Gasteiger partial charge on any atom is 0.176 e. The first-order valence-electron chi connectivity index (χ1n) is 4.05. The van der Waals surface area contributed by atoms with Crippen LogP contribution in [0.5, 0.6) is 0 Å². The van der Waals surface area contributed by atoms with Crippen LogP contribution < -0.4 is 5.73 Å². The first-order chi connectivity index (χ1) is 6.67. The summed E-state index contributed by atoms with van der Waals surface area (Å²) in [4.78, 5) is 4.02. The van der Waals surface area contributed by atoms with Gasteiger partial charge in [-0.2, -0.15) is 0 Å². The molecule has 0 saturated heterocycles. The van der Waals surface area contributed by atoms with Crippen molar-refractivity contribution in [3.05, 3.63) is 29.3 Å². The second kappa shape index (κ2) is 4.16. The predicted molar refractivity (Wildman–Crippen MR) is 59.2 cm³/mol. The molecule has 1 rings (SSSR count). The van der Waals surface area contributed by atoms with Crippen LogP contribution in [0.25, 0.3) is 0 Å². The largest absolute Gasteiger partial charge is 0.377 e. The second-order valence-electron chi connectivity index (χ2n) is 2.81. The topological polar surface area (TPSA) is 38.4 Å². The Bertz CT molecular complexity index is 456. The van der Waals surface area contributed by atoms with E-state index < -0.39 is 0 Å². The van der Waals surface area contributed by atoms with Crippen LogP contribution in [0.2, 0.25) is 0 Å². The molecule has 0 saturated carbocycles. The Morgan fingerprint density at radius 3 is 2.71 bits per heavy atom. The van der Waals surface area contributed by atoms with Crippen molar-refractivity contribution in [2.24, 2.45) is 10.7 Å². The van der Waals surface area contributed by atoms with Crippen molar-refractivity contribution < 1.29 is 0 Å². The van der Waals surface area contributed by atoms with E-state index in [1.807, 2.05) is 25.1 Å². The van der Waals surface area contributed by atoms with Gasteiger partial charge < -0.3 is 5.73 Å². The van der Waals surface area contributed by atoms with Crippen LogP contribution in [-0.2, 0) is 0 Å². The molecule has 0 aliphatic carbocycles. The lowest BCUT2D eigenvalue weighted by molar-refractivity contribution is 1.40. The molecule has 0 aliphatic rings. The van der Waals surface area contributed by atoms with E-state index in [2.05, 4.69) is 16.8 Å². The highest BCUT2D eigenvalue weighted by atomic mass is 14.8. The van der Waals surface area contributed by atoms with Gasteiger partial charge in [0.15, 0.2) is 5.84 Å². The van der Waals surface area contributed by atoms with Crippen LogP contribution in [0.1, 0.15) is 11.1 Å². The van der Waals surface area contributed by atoms with Crippen molar-refractivity contribution in [3.63, 3.8) is 0 Å². The maximum absolute atomic E-state index is 5.42. The number of aryl methyl sites for hydroxylation is 1. The van der Waals surface area contributed by atoms with E-state index >= 15 is 0 Å². The van der Waals surface area contributed by atoms with E-state index in [4.69, 9.17) is 18.6 Å². The highest BCUT2D eigenvalue weighted by Gasteiger charge is 1.98. The number of benzene rings is 1. The lowest BCUT2D eigenvalue weighted by Gasteiger charge is -2.00. The van der Waals surface area contributed by atoms with Crippen molar-refractivity contribution in [2.45, 2.75) is 6.92 Å². The molecule has 0 radical (unpaired) electrons. The zero-order chi connectivity index (χ0) is 10.6. The minimum Gasteiger partial charge on any atom is -0.377 e. The zero-order valence-electron chi connectivity index (χ0n) is 7.91. The number of nitrogens with two attached hydrogens (primary N) is 1. The molecule has 2 heteroatoms. The van der Waals surface area contributed by atoms with E-state index in [0.29, 0.717) is 11.3 Å². The normalized spacial score (nSPS) is 10.4. The van der Waals surface area contributed by atoms with Crippen molar-refractivity contribution in [2.75, 3.05) is 0 Å². The fourth-order valence-corrected chi connectivity index (χ4v) is 1.02.